The molecule has 5 rings (SSSR count). The minimum Gasteiger partial charge on any atom is -0.448 e. The Labute approximate surface area is 205 Å². The van der Waals surface area contributed by atoms with E-state index in [1.807, 2.05) is 31.2 Å². The molecule has 0 aromatic heterocycles. The highest BCUT2D eigenvalue weighted by molar-refractivity contribution is 6.58. The first-order valence-corrected chi connectivity index (χ1v) is 12.0. The minimum atomic E-state index is -1.55. The monoisotopic (exact) mass is 471 g/mol. The summed E-state index contributed by atoms with van der Waals surface area (Å²) in [6.45, 7) is 5.45. The van der Waals surface area contributed by atoms with Crippen LogP contribution in [-0.2, 0) is 11.3 Å². The van der Waals surface area contributed by atoms with Crippen molar-refractivity contribution in [1.29, 1.82) is 0 Å². The molecular weight excluding hydrogens is 441 g/mol. The van der Waals surface area contributed by atoms with Crippen LogP contribution in [0.4, 0.5) is 10.5 Å². The Kier molecular flexibility index (Phi) is 6.51. The van der Waals surface area contributed by atoms with Gasteiger partial charge in [-0.3, -0.25) is 4.90 Å². The number of nitrogen functional groups attached to an aromatic ring is 1. The van der Waals surface area contributed by atoms with E-state index in [0.717, 1.165) is 11.1 Å². The predicted octanol–water partition coefficient (Wildman–Crippen LogP) is 2.32. The van der Waals surface area contributed by atoms with Crippen LogP contribution < -0.4 is 11.2 Å². The summed E-state index contributed by atoms with van der Waals surface area (Å²) in [5, 5.41) is 19.1. The molecule has 35 heavy (non-hydrogen) atoms. The number of anilines is 1. The number of fused-ring (bicyclic) bond motifs is 3. The second kappa shape index (κ2) is 9.74. The van der Waals surface area contributed by atoms with Gasteiger partial charge < -0.3 is 25.4 Å². The van der Waals surface area contributed by atoms with Gasteiger partial charge in [0.15, 0.2) is 0 Å². The van der Waals surface area contributed by atoms with Crippen LogP contribution in [0.1, 0.15) is 28.2 Å². The Morgan fingerprint density at radius 3 is 2.20 bits per heavy atom. The Hall–Kier alpha value is -3.33. The van der Waals surface area contributed by atoms with E-state index < -0.39 is 7.12 Å². The fraction of sp³-hybridized carbons (Fsp3) is 0.296. The Morgan fingerprint density at radius 2 is 1.60 bits per heavy atom. The zero-order valence-electron chi connectivity index (χ0n) is 19.9. The molecule has 1 amide bonds. The molecule has 1 heterocycles. The van der Waals surface area contributed by atoms with Crippen LogP contribution in [0.3, 0.4) is 0 Å². The standard InChI is InChI=1S/C27H30BN3O4/c1-18-19(14-20(28(33)34)15-26(18)29)16-30-10-12-31(13-11-30)27(32)35-17-25-23-8-4-2-6-21(23)22-7-3-5-9-24(22)25/h2-9,14-15,25,33-34H,10-13,16-17,29H2,1H3. The van der Waals surface area contributed by atoms with Crippen LogP contribution >= 0.6 is 0 Å². The molecule has 8 heteroatoms. The number of hydrogen-bond donors (Lipinski definition) is 3. The SMILES string of the molecule is Cc1c(N)cc(B(O)O)cc1CN1CCN(C(=O)OCC2c3ccccc3-c3ccccc32)CC1. The summed E-state index contributed by atoms with van der Waals surface area (Å²) < 4.78 is 5.81. The van der Waals surface area contributed by atoms with Gasteiger partial charge in [0.25, 0.3) is 0 Å². The van der Waals surface area contributed by atoms with Crippen molar-refractivity contribution in [2.45, 2.75) is 19.4 Å². The van der Waals surface area contributed by atoms with Crippen molar-refractivity contribution in [3.05, 3.63) is 82.9 Å². The molecule has 180 valence electrons. The van der Waals surface area contributed by atoms with Crippen molar-refractivity contribution in [3.63, 3.8) is 0 Å². The molecule has 0 spiro atoms. The number of piperazine rings is 1. The number of carbonyl (C=O) groups excluding carboxylic acids is 1. The fourth-order valence-corrected chi connectivity index (χ4v) is 5.15. The Bertz CT molecular complexity index is 1200. The van der Waals surface area contributed by atoms with Crippen LogP contribution in [0.2, 0.25) is 0 Å². The predicted molar refractivity (Wildman–Crippen MR) is 137 cm³/mol. The second-order valence-corrected chi connectivity index (χ2v) is 9.34. The molecule has 1 aliphatic carbocycles. The first-order valence-electron chi connectivity index (χ1n) is 12.0. The van der Waals surface area contributed by atoms with Crippen LogP contribution in [0.25, 0.3) is 11.1 Å². The van der Waals surface area contributed by atoms with Crippen LogP contribution in [0.15, 0.2) is 60.7 Å². The molecule has 4 N–H and O–H groups in total. The van der Waals surface area contributed by atoms with E-state index in [-0.39, 0.29) is 12.0 Å². The number of hydrogen-bond acceptors (Lipinski definition) is 6. The average molecular weight is 471 g/mol. The fourth-order valence-electron chi connectivity index (χ4n) is 5.15. The summed E-state index contributed by atoms with van der Waals surface area (Å²) in [7, 11) is -1.55. The Balaban J connectivity index is 1.18. The molecule has 0 radical (unpaired) electrons. The van der Waals surface area contributed by atoms with Gasteiger partial charge in [0.1, 0.15) is 6.61 Å². The van der Waals surface area contributed by atoms with Crippen molar-refractivity contribution in [2.75, 3.05) is 38.5 Å². The molecule has 3 aromatic rings. The van der Waals surface area contributed by atoms with Crippen LogP contribution in [-0.4, -0.2) is 65.8 Å². The highest BCUT2D eigenvalue weighted by Gasteiger charge is 2.30. The van der Waals surface area contributed by atoms with Gasteiger partial charge in [0.2, 0.25) is 0 Å². The highest BCUT2D eigenvalue weighted by atomic mass is 16.6. The maximum absolute atomic E-state index is 12.9. The number of benzene rings is 3. The molecule has 1 fully saturated rings. The van der Waals surface area contributed by atoms with Gasteiger partial charge in [-0.2, -0.15) is 0 Å². The lowest BCUT2D eigenvalue weighted by Crippen LogP contribution is -2.48. The van der Waals surface area contributed by atoms with E-state index in [1.54, 1.807) is 17.0 Å². The van der Waals surface area contributed by atoms with Gasteiger partial charge in [-0.15, -0.1) is 0 Å². The second-order valence-electron chi connectivity index (χ2n) is 9.34. The molecule has 1 aliphatic heterocycles. The van der Waals surface area contributed by atoms with Gasteiger partial charge in [-0.1, -0.05) is 54.6 Å². The topological polar surface area (TPSA) is 99.3 Å². The third kappa shape index (κ3) is 4.65. The number of rotatable bonds is 5. The zero-order valence-corrected chi connectivity index (χ0v) is 19.9. The molecule has 3 aromatic carbocycles. The van der Waals surface area contributed by atoms with Crippen LogP contribution in [0.5, 0.6) is 0 Å². The van der Waals surface area contributed by atoms with E-state index >= 15 is 0 Å². The van der Waals surface area contributed by atoms with Crippen molar-refractivity contribution >= 4 is 24.4 Å². The minimum absolute atomic E-state index is 0.0511. The molecular formula is C27H30BN3O4. The summed E-state index contributed by atoms with van der Waals surface area (Å²) >= 11 is 0. The molecule has 0 saturated carbocycles. The molecule has 0 unspecified atom stereocenters. The van der Waals surface area contributed by atoms with Crippen LogP contribution in [0, 0.1) is 6.92 Å². The third-order valence-electron chi connectivity index (χ3n) is 7.24. The van der Waals surface area contributed by atoms with Gasteiger partial charge in [-0.05, 0) is 51.8 Å². The number of ether oxygens (including phenoxy) is 1. The lowest BCUT2D eigenvalue weighted by molar-refractivity contribution is 0.0728. The van der Waals surface area contributed by atoms with Crippen molar-refractivity contribution in [1.82, 2.24) is 9.80 Å². The van der Waals surface area contributed by atoms with E-state index in [1.165, 1.54) is 22.3 Å². The number of amides is 1. The Morgan fingerprint density at radius 1 is 1.00 bits per heavy atom. The summed E-state index contributed by atoms with van der Waals surface area (Å²) in [4.78, 5) is 16.9. The zero-order chi connectivity index (χ0) is 24.5. The third-order valence-corrected chi connectivity index (χ3v) is 7.24. The first-order chi connectivity index (χ1) is 16.9. The number of nitrogens with zero attached hydrogens (tertiary/aromatic N) is 2. The van der Waals surface area contributed by atoms with Gasteiger partial charge in [-0.25, -0.2) is 4.79 Å². The lowest BCUT2D eigenvalue weighted by atomic mass is 9.78. The maximum Gasteiger partial charge on any atom is 0.488 e. The molecule has 7 nitrogen and oxygen atoms in total. The smallest absolute Gasteiger partial charge is 0.448 e. The van der Waals surface area contributed by atoms with E-state index in [9.17, 15) is 14.8 Å². The molecule has 1 saturated heterocycles. The highest BCUT2D eigenvalue weighted by Crippen LogP contribution is 2.44. The molecule has 0 bridgehead atoms. The summed E-state index contributed by atoms with van der Waals surface area (Å²) in [6.07, 6.45) is -0.280. The van der Waals surface area contributed by atoms with Crippen molar-refractivity contribution in [2.24, 2.45) is 0 Å². The average Bonchev–Trinajstić information content (AvgIpc) is 3.19. The van der Waals surface area contributed by atoms with E-state index in [0.29, 0.717) is 50.5 Å². The first kappa shape index (κ1) is 23.4. The lowest BCUT2D eigenvalue weighted by Gasteiger charge is -2.34. The quantitative estimate of drug-likeness (QED) is 0.390. The normalized spacial score (nSPS) is 15.6. The largest absolute Gasteiger partial charge is 0.488 e. The summed E-state index contributed by atoms with van der Waals surface area (Å²) in [5.74, 6) is 0.0511. The van der Waals surface area contributed by atoms with Crippen molar-refractivity contribution in [3.8, 4) is 11.1 Å². The molecule has 0 atom stereocenters. The summed E-state index contributed by atoms with van der Waals surface area (Å²) in [6, 6.07) is 20.0. The maximum atomic E-state index is 12.9. The van der Waals surface area contributed by atoms with Gasteiger partial charge in [0, 0.05) is 44.3 Å². The number of nitrogens with two attached hydrogens (primary N) is 1. The van der Waals surface area contributed by atoms with Gasteiger partial charge >= 0.3 is 13.2 Å². The van der Waals surface area contributed by atoms with E-state index in [2.05, 4.69) is 29.2 Å². The van der Waals surface area contributed by atoms with Crippen molar-refractivity contribution < 1.29 is 19.6 Å². The number of carbonyl (C=O) groups is 1. The molecule has 2 aliphatic rings. The van der Waals surface area contributed by atoms with E-state index in [4.69, 9.17) is 10.5 Å². The van der Waals surface area contributed by atoms with Gasteiger partial charge in [0.05, 0.1) is 0 Å². The summed E-state index contributed by atoms with van der Waals surface area (Å²) in [5.41, 5.74) is 13.7.